The number of aliphatic hydroxyl groups is 1. The molecular formula is C35H40N2O5. The van der Waals surface area contributed by atoms with E-state index in [4.69, 9.17) is 4.74 Å². The average Bonchev–Trinajstić information content (AvgIpc) is 3.11. The molecule has 1 saturated carbocycles. The van der Waals surface area contributed by atoms with Crippen molar-refractivity contribution in [3.05, 3.63) is 89.5 Å². The number of anilines is 1. The number of allylic oxidation sites excluding steroid dienone is 1. The molecule has 2 amide bonds. The van der Waals surface area contributed by atoms with Gasteiger partial charge in [-0.1, -0.05) is 61.0 Å². The second kappa shape index (κ2) is 11.3. The summed E-state index contributed by atoms with van der Waals surface area (Å²) in [6, 6.07) is 17.1. The van der Waals surface area contributed by atoms with E-state index in [9.17, 15) is 19.5 Å². The highest BCUT2D eigenvalue weighted by atomic mass is 16.5. The van der Waals surface area contributed by atoms with Gasteiger partial charge in [0.15, 0.2) is 0 Å². The van der Waals surface area contributed by atoms with Crippen molar-refractivity contribution >= 4 is 23.5 Å². The molecule has 7 nitrogen and oxygen atoms in total. The van der Waals surface area contributed by atoms with Crippen LogP contribution in [0, 0.1) is 10.8 Å². The Labute approximate surface area is 247 Å². The van der Waals surface area contributed by atoms with Crippen LogP contribution in [0.3, 0.4) is 0 Å². The summed E-state index contributed by atoms with van der Waals surface area (Å²) in [6.07, 6.45) is 12.7. The molecule has 0 spiro atoms. The van der Waals surface area contributed by atoms with Gasteiger partial charge < -0.3 is 14.7 Å². The zero-order chi connectivity index (χ0) is 29.4. The van der Waals surface area contributed by atoms with Crippen LogP contribution in [0.5, 0.6) is 0 Å². The van der Waals surface area contributed by atoms with Gasteiger partial charge in [0, 0.05) is 35.6 Å². The Balaban J connectivity index is 1.25. The summed E-state index contributed by atoms with van der Waals surface area (Å²) in [5, 5.41) is 12.6. The lowest BCUT2D eigenvalue weighted by atomic mass is 9.47. The molecule has 3 atom stereocenters. The zero-order valence-corrected chi connectivity index (χ0v) is 24.4. The predicted molar refractivity (Wildman–Crippen MR) is 161 cm³/mol. The standard InChI is InChI=1S/C35H40N2O5/c1-26-22-30(38)37(31(26)39)29-16-7-6-15-28(29)32(40)42-25-34-19-11-18-33(17-8-3-9-20-35(33,34)41)23-36(24-34)21-10-14-27-12-4-2-5-13-27/h2-7,9,12-13,15-16,22,41H,8,10-11,14,17-21,23-25H2,1H3/t33-,34+,35+/m0/s1. The molecule has 2 aliphatic heterocycles. The second-order valence-electron chi connectivity index (χ2n) is 12.7. The first-order valence-electron chi connectivity index (χ1n) is 15.2. The Bertz CT molecular complexity index is 1430. The molecule has 1 N–H and O–H groups in total. The Morgan fingerprint density at radius 2 is 1.76 bits per heavy atom. The van der Waals surface area contributed by atoms with Gasteiger partial charge in [0.1, 0.15) is 6.61 Å². The second-order valence-corrected chi connectivity index (χ2v) is 12.7. The molecule has 7 heteroatoms. The quantitative estimate of drug-likeness (QED) is 0.266. The van der Waals surface area contributed by atoms with Crippen molar-refractivity contribution in [1.29, 1.82) is 0 Å². The fourth-order valence-electron chi connectivity index (χ4n) is 8.13. The monoisotopic (exact) mass is 568 g/mol. The molecule has 0 radical (unpaired) electrons. The summed E-state index contributed by atoms with van der Waals surface area (Å²) in [4.78, 5) is 42.5. The number of aryl methyl sites for hydroxylation is 1. The molecule has 0 unspecified atom stereocenters. The molecule has 2 bridgehead atoms. The number of ether oxygens (including phenoxy) is 1. The van der Waals surface area contributed by atoms with Crippen LogP contribution in [-0.2, 0) is 20.7 Å². The van der Waals surface area contributed by atoms with Crippen molar-refractivity contribution in [3.8, 4) is 0 Å². The third kappa shape index (κ3) is 4.82. The largest absolute Gasteiger partial charge is 0.461 e. The predicted octanol–water partition coefficient (Wildman–Crippen LogP) is 5.24. The van der Waals surface area contributed by atoms with Gasteiger partial charge in [-0.3, -0.25) is 9.59 Å². The number of amides is 2. The maximum atomic E-state index is 13.7. The molecule has 0 aromatic heterocycles. The first-order valence-corrected chi connectivity index (χ1v) is 15.2. The highest BCUT2D eigenvalue weighted by Crippen LogP contribution is 2.62. The van der Waals surface area contributed by atoms with E-state index >= 15 is 0 Å². The van der Waals surface area contributed by atoms with E-state index in [0.29, 0.717) is 18.5 Å². The number of esters is 1. The van der Waals surface area contributed by atoms with Crippen LogP contribution in [0.25, 0.3) is 0 Å². The number of rotatable bonds is 8. The number of piperidine rings is 1. The van der Waals surface area contributed by atoms with Crippen molar-refractivity contribution in [2.75, 3.05) is 31.1 Å². The molecule has 42 heavy (non-hydrogen) atoms. The van der Waals surface area contributed by atoms with Gasteiger partial charge in [0.25, 0.3) is 11.8 Å². The zero-order valence-electron chi connectivity index (χ0n) is 24.4. The maximum absolute atomic E-state index is 13.7. The smallest absolute Gasteiger partial charge is 0.340 e. The van der Waals surface area contributed by atoms with Crippen molar-refractivity contribution in [3.63, 3.8) is 0 Å². The minimum absolute atomic E-state index is 0.0839. The minimum atomic E-state index is -0.983. The molecule has 2 fully saturated rings. The first kappa shape index (κ1) is 28.6. The Kier molecular flexibility index (Phi) is 7.66. The van der Waals surface area contributed by atoms with E-state index in [1.54, 1.807) is 31.2 Å². The number of carbonyl (C=O) groups excluding carboxylic acids is 3. The molecular weight excluding hydrogens is 528 g/mol. The normalized spacial score (nSPS) is 29.2. The number of imide groups is 1. The number of benzene rings is 2. The van der Waals surface area contributed by atoms with Crippen LogP contribution >= 0.6 is 0 Å². The molecule has 2 heterocycles. The molecule has 4 aliphatic rings. The highest BCUT2D eigenvalue weighted by molar-refractivity contribution is 6.31. The summed E-state index contributed by atoms with van der Waals surface area (Å²) < 4.78 is 6.10. The van der Waals surface area contributed by atoms with Crippen LogP contribution in [-0.4, -0.2) is 59.6 Å². The molecule has 2 aromatic rings. The Morgan fingerprint density at radius 1 is 0.976 bits per heavy atom. The lowest BCUT2D eigenvalue weighted by Gasteiger charge is -2.66. The minimum Gasteiger partial charge on any atom is -0.461 e. The molecule has 6 rings (SSSR count). The van der Waals surface area contributed by atoms with E-state index in [1.807, 2.05) is 6.07 Å². The lowest BCUT2D eigenvalue weighted by molar-refractivity contribution is -0.255. The number of nitrogens with zero attached hydrogens (tertiary/aromatic N) is 2. The summed E-state index contributed by atoms with van der Waals surface area (Å²) in [7, 11) is 0. The van der Waals surface area contributed by atoms with Gasteiger partial charge in [-0.15, -0.1) is 0 Å². The van der Waals surface area contributed by atoms with Crippen LogP contribution in [0.15, 0.2) is 78.4 Å². The van der Waals surface area contributed by atoms with E-state index in [1.165, 1.54) is 11.6 Å². The van der Waals surface area contributed by atoms with Gasteiger partial charge in [0.05, 0.1) is 16.9 Å². The van der Waals surface area contributed by atoms with Crippen molar-refractivity contribution < 1.29 is 24.2 Å². The van der Waals surface area contributed by atoms with Crippen molar-refractivity contribution in [2.24, 2.45) is 10.8 Å². The van der Waals surface area contributed by atoms with Gasteiger partial charge in [-0.2, -0.15) is 0 Å². The van der Waals surface area contributed by atoms with E-state index < -0.39 is 28.8 Å². The maximum Gasteiger partial charge on any atom is 0.340 e. The summed E-state index contributed by atoms with van der Waals surface area (Å²) >= 11 is 0. The summed E-state index contributed by atoms with van der Waals surface area (Å²) in [6.45, 7) is 4.11. The third-order valence-electron chi connectivity index (χ3n) is 10.2. The van der Waals surface area contributed by atoms with Crippen molar-refractivity contribution in [1.82, 2.24) is 4.90 Å². The highest BCUT2D eigenvalue weighted by Gasteiger charge is 2.67. The molecule has 1 saturated heterocycles. The van der Waals surface area contributed by atoms with E-state index in [2.05, 4.69) is 41.3 Å². The molecule has 2 aromatic carbocycles. The number of carbonyl (C=O) groups is 3. The average molecular weight is 569 g/mol. The van der Waals surface area contributed by atoms with Crippen LogP contribution in [0.1, 0.15) is 67.8 Å². The first-order chi connectivity index (χ1) is 20.3. The fraction of sp³-hybridized carbons (Fsp3) is 0.457. The van der Waals surface area contributed by atoms with Gasteiger partial charge in [-0.25, -0.2) is 9.69 Å². The molecule has 2 aliphatic carbocycles. The topological polar surface area (TPSA) is 87.2 Å². The van der Waals surface area contributed by atoms with Crippen LogP contribution < -0.4 is 4.90 Å². The van der Waals surface area contributed by atoms with Crippen LogP contribution in [0.2, 0.25) is 0 Å². The Hall–Kier alpha value is -3.55. The lowest BCUT2D eigenvalue weighted by Crippen LogP contribution is -2.73. The van der Waals surface area contributed by atoms with Crippen LogP contribution in [0.4, 0.5) is 5.69 Å². The number of hydrogen-bond donors (Lipinski definition) is 1. The number of para-hydroxylation sites is 1. The Morgan fingerprint density at radius 3 is 2.55 bits per heavy atom. The van der Waals surface area contributed by atoms with Gasteiger partial charge >= 0.3 is 5.97 Å². The van der Waals surface area contributed by atoms with Crippen molar-refractivity contribution in [2.45, 2.75) is 63.9 Å². The SMILES string of the molecule is CC1=CC(=O)N(c2ccccc2C(=O)OC[C@]23CCC[C@@]4(CCC=CC[C@@]42O)CN(CCCc2ccccc2)C3)C1=O. The van der Waals surface area contributed by atoms with E-state index in [-0.39, 0.29) is 23.3 Å². The number of hydrogen-bond acceptors (Lipinski definition) is 6. The number of likely N-dealkylation sites (tertiary alicyclic amines) is 1. The van der Waals surface area contributed by atoms with Gasteiger partial charge in [0.2, 0.25) is 0 Å². The van der Waals surface area contributed by atoms with E-state index in [0.717, 1.165) is 62.9 Å². The molecule has 220 valence electrons. The third-order valence-corrected chi connectivity index (χ3v) is 10.2. The fourth-order valence-corrected chi connectivity index (χ4v) is 8.13. The van der Waals surface area contributed by atoms with Gasteiger partial charge in [-0.05, 0) is 76.1 Å². The summed E-state index contributed by atoms with van der Waals surface area (Å²) in [5.41, 5.74) is 0.189. The summed E-state index contributed by atoms with van der Waals surface area (Å²) in [5.74, 6) is -1.49.